The van der Waals surface area contributed by atoms with Crippen molar-refractivity contribution in [1.82, 2.24) is 0 Å². The van der Waals surface area contributed by atoms with E-state index in [0.29, 0.717) is 6.42 Å². The molecule has 0 bridgehead atoms. The van der Waals surface area contributed by atoms with E-state index in [9.17, 15) is 8.78 Å². The highest BCUT2D eigenvalue weighted by molar-refractivity contribution is 4.81. The van der Waals surface area contributed by atoms with Crippen LogP contribution in [0.4, 0.5) is 8.78 Å². The summed E-state index contributed by atoms with van der Waals surface area (Å²) in [7, 11) is 0. The maximum Gasteiger partial charge on any atom is 0.241 e. The second-order valence-corrected chi connectivity index (χ2v) is 3.11. The minimum absolute atomic E-state index is 0.0546. The van der Waals surface area contributed by atoms with Crippen LogP contribution in [0.2, 0.25) is 0 Å². The van der Waals surface area contributed by atoms with Gasteiger partial charge in [-0.1, -0.05) is 6.92 Å². The van der Waals surface area contributed by atoms with E-state index in [1.165, 1.54) is 0 Å². The molecule has 0 radical (unpaired) electrons. The van der Waals surface area contributed by atoms with E-state index in [-0.39, 0.29) is 12.3 Å². The van der Waals surface area contributed by atoms with Crippen LogP contribution in [0, 0.1) is 11.8 Å². The lowest BCUT2D eigenvalue weighted by Gasteiger charge is -2.05. The summed E-state index contributed by atoms with van der Waals surface area (Å²) >= 11 is 0. The monoisotopic (exact) mass is 150 g/mol. The van der Waals surface area contributed by atoms with Crippen LogP contribution >= 0.6 is 0 Å². The summed E-state index contributed by atoms with van der Waals surface area (Å²) in [5.41, 5.74) is 0. The summed E-state index contributed by atoms with van der Waals surface area (Å²) in [5.74, 6) is -0.510. The van der Waals surface area contributed by atoms with Gasteiger partial charge in [0, 0.05) is 5.92 Å². The zero-order chi connectivity index (χ0) is 7.72. The number of halogens is 2. The summed E-state index contributed by atoms with van der Waals surface area (Å²) in [5, 5.41) is 9.08. The lowest BCUT2D eigenvalue weighted by atomic mass is 10.1. The van der Waals surface area contributed by atoms with Crippen molar-refractivity contribution in [3.05, 3.63) is 0 Å². The van der Waals surface area contributed by atoms with E-state index in [1.807, 2.05) is 6.92 Å². The van der Waals surface area contributed by atoms with Gasteiger partial charge in [0.1, 0.15) is 0 Å². The number of rotatable bonds is 1. The molecule has 1 N–H and O–H groups in total. The Hall–Kier alpha value is -0.180. The Morgan fingerprint density at radius 3 is 2.20 bits per heavy atom. The Balaban J connectivity index is 2.41. The van der Waals surface area contributed by atoms with Crippen LogP contribution in [0.25, 0.3) is 0 Å². The molecular weight excluding hydrogens is 138 g/mol. The van der Waals surface area contributed by atoms with Crippen LogP contribution in [-0.4, -0.2) is 17.6 Å². The fourth-order valence-electron chi connectivity index (χ4n) is 1.48. The lowest BCUT2D eigenvalue weighted by molar-refractivity contribution is 0.0700. The highest BCUT2D eigenvalue weighted by atomic mass is 19.3. The van der Waals surface area contributed by atoms with E-state index >= 15 is 0 Å². The summed E-state index contributed by atoms with van der Waals surface area (Å²) in [6.07, 6.45) is -2.00. The molecule has 1 aliphatic carbocycles. The SMILES string of the molecule is C[C@@H]1C[C@H](C(F)F)C[C@H]1O. The second-order valence-electron chi connectivity index (χ2n) is 3.11. The molecule has 0 heterocycles. The molecule has 1 rings (SSSR count). The largest absolute Gasteiger partial charge is 0.393 e. The average Bonchev–Trinajstić information content (AvgIpc) is 2.13. The smallest absolute Gasteiger partial charge is 0.241 e. The average molecular weight is 150 g/mol. The molecule has 0 spiro atoms. The second kappa shape index (κ2) is 2.82. The molecule has 0 aromatic carbocycles. The number of aliphatic hydroxyl groups is 1. The summed E-state index contributed by atoms with van der Waals surface area (Å²) < 4.78 is 24.0. The Kier molecular flexibility index (Phi) is 2.24. The molecule has 0 aromatic heterocycles. The van der Waals surface area contributed by atoms with Gasteiger partial charge in [-0.25, -0.2) is 8.78 Å². The van der Waals surface area contributed by atoms with Crippen molar-refractivity contribution < 1.29 is 13.9 Å². The molecule has 0 saturated heterocycles. The van der Waals surface area contributed by atoms with Crippen molar-refractivity contribution in [1.29, 1.82) is 0 Å². The first-order chi connectivity index (χ1) is 4.61. The predicted octanol–water partition coefficient (Wildman–Crippen LogP) is 1.66. The molecule has 1 saturated carbocycles. The zero-order valence-electron chi connectivity index (χ0n) is 5.93. The van der Waals surface area contributed by atoms with Crippen molar-refractivity contribution in [2.75, 3.05) is 0 Å². The molecule has 0 aliphatic heterocycles. The molecule has 60 valence electrons. The minimum Gasteiger partial charge on any atom is -0.393 e. The molecule has 1 fully saturated rings. The number of alkyl halides is 2. The number of hydrogen-bond donors (Lipinski definition) is 1. The van der Waals surface area contributed by atoms with Gasteiger partial charge in [-0.05, 0) is 18.8 Å². The van der Waals surface area contributed by atoms with Crippen LogP contribution < -0.4 is 0 Å². The normalized spacial score (nSPS) is 41.1. The topological polar surface area (TPSA) is 20.2 Å². The van der Waals surface area contributed by atoms with Crippen molar-refractivity contribution in [2.45, 2.75) is 32.3 Å². The van der Waals surface area contributed by atoms with Crippen LogP contribution in [0.5, 0.6) is 0 Å². The Morgan fingerprint density at radius 2 is 2.00 bits per heavy atom. The first-order valence-corrected chi connectivity index (χ1v) is 3.57. The third-order valence-electron chi connectivity index (χ3n) is 2.23. The quantitative estimate of drug-likeness (QED) is 0.602. The standard InChI is InChI=1S/C7H12F2O/c1-4-2-5(7(8)9)3-6(4)10/h4-7,10H,2-3H2,1H3/t4-,5+,6-/m1/s1. The van der Waals surface area contributed by atoms with E-state index in [2.05, 4.69) is 0 Å². The number of hydrogen-bond acceptors (Lipinski definition) is 1. The van der Waals surface area contributed by atoms with Crippen LogP contribution in [-0.2, 0) is 0 Å². The van der Waals surface area contributed by atoms with E-state index in [1.54, 1.807) is 0 Å². The van der Waals surface area contributed by atoms with Gasteiger partial charge in [0.2, 0.25) is 6.43 Å². The molecule has 3 atom stereocenters. The Morgan fingerprint density at radius 1 is 1.40 bits per heavy atom. The summed E-state index contributed by atoms with van der Waals surface area (Å²) in [6, 6.07) is 0. The Labute approximate surface area is 59.0 Å². The van der Waals surface area contributed by atoms with Gasteiger partial charge in [0.05, 0.1) is 6.10 Å². The van der Waals surface area contributed by atoms with Gasteiger partial charge in [-0.3, -0.25) is 0 Å². The maximum absolute atomic E-state index is 12.0. The van der Waals surface area contributed by atoms with Gasteiger partial charge in [0.25, 0.3) is 0 Å². The number of aliphatic hydroxyl groups excluding tert-OH is 1. The van der Waals surface area contributed by atoms with Crippen molar-refractivity contribution in [3.63, 3.8) is 0 Å². The van der Waals surface area contributed by atoms with E-state index < -0.39 is 18.4 Å². The summed E-state index contributed by atoms with van der Waals surface area (Å²) in [6.45, 7) is 1.81. The highest BCUT2D eigenvalue weighted by Crippen LogP contribution is 2.34. The molecule has 0 aromatic rings. The molecule has 3 heteroatoms. The van der Waals surface area contributed by atoms with Gasteiger partial charge < -0.3 is 5.11 Å². The fourth-order valence-corrected chi connectivity index (χ4v) is 1.48. The van der Waals surface area contributed by atoms with Crippen molar-refractivity contribution in [2.24, 2.45) is 11.8 Å². The first-order valence-electron chi connectivity index (χ1n) is 3.57. The van der Waals surface area contributed by atoms with Crippen molar-refractivity contribution in [3.8, 4) is 0 Å². The zero-order valence-corrected chi connectivity index (χ0v) is 5.93. The fraction of sp³-hybridized carbons (Fsp3) is 1.00. The first kappa shape index (κ1) is 7.92. The molecule has 0 unspecified atom stereocenters. The minimum atomic E-state index is -2.25. The predicted molar refractivity (Wildman–Crippen MR) is 33.9 cm³/mol. The lowest BCUT2D eigenvalue weighted by Crippen LogP contribution is -2.09. The van der Waals surface area contributed by atoms with Crippen molar-refractivity contribution >= 4 is 0 Å². The van der Waals surface area contributed by atoms with Gasteiger partial charge in [-0.2, -0.15) is 0 Å². The summed E-state index contributed by atoms with van der Waals surface area (Å²) in [4.78, 5) is 0. The molecule has 10 heavy (non-hydrogen) atoms. The van der Waals surface area contributed by atoms with Crippen LogP contribution in [0.15, 0.2) is 0 Å². The Bertz CT molecular complexity index is 106. The van der Waals surface area contributed by atoms with E-state index in [0.717, 1.165) is 0 Å². The van der Waals surface area contributed by atoms with Gasteiger partial charge >= 0.3 is 0 Å². The van der Waals surface area contributed by atoms with Gasteiger partial charge in [-0.15, -0.1) is 0 Å². The molecule has 1 aliphatic rings. The molecular formula is C7H12F2O. The molecule has 0 amide bonds. The maximum atomic E-state index is 12.0. The third kappa shape index (κ3) is 1.45. The molecule has 1 nitrogen and oxygen atoms in total. The van der Waals surface area contributed by atoms with Crippen LogP contribution in [0.1, 0.15) is 19.8 Å². The highest BCUT2D eigenvalue weighted by Gasteiger charge is 2.34. The third-order valence-corrected chi connectivity index (χ3v) is 2.23. The van der Waals surface area contributed by atoms with Gasteiger partial charge in [0.15, 0.2) is 0 Å². The van der Waals surface area contributed by atoms with E-state index in [4.69, 9.17) is 5.11 Å². The van der Waals surface area contributed by atoms with Crippen LogP contribution in [0.3, 0.4) is 0 Å².